The Bertz CT molecular complexity index is 454. The highest BCUT2D eigenvalue weighted by Gasteiger charge is 2.31. The molecule has 6 heteroatoms. The molecule has 2 fully saturated rings. The lowest BCUT2D eigenvalue weighted by molar-refractivity contribution is -0.144. The van der Waals surface area contributed by atoms with E-state index in [4.69, 9.17) is 0 Å². The minimum absolute atomic E-state index is 0.165. The summed E-state index contributed by atoms with van der Waals surface area (Å²) in [5, 5.41) is 16.2. The van der Waals surface area contributed by atoms with Crippen molar-refractivity contribution in [2.45, 2.75) is 38.3 Å². The number of hydrogen-bond acceptors (Lipinski definition) is 4. The summed E-state index contributed by atoms with van der Waals surface area (Å²) >= 11 is 0. The number of carboxylic acid groups (broad SMARTS) is 1. The molecule has 116 valence electrons. The van der Waals surface area contributed by atoms with Gasteiger partial charge < -0.3 is 5.11 Å². The molecular formula is C15H24N4O2. The summed E-state index contributed by atoms with van der Waals surface area (Å²) in [6.45, 7) is 4.90. The van der Waals surface area contributed by atoms with Crippen molar-refractivity contribution in [1.82, 2.24) is 20.0 Å². The summed E-state index contributed by atoms with van der Waals surface area (Å²) in [5.41, 5.74) is 1.16. The molecule has 2 saturated heterocycles. The number of carboxylic acids is 1. The molecule has 0 bridgehead atoms. The number of nitrogens with one attached hydrogen (secondary N) is 1. The molecule has 0 spiro atoms. The van der Waals surface area contributed by atoms with Crippen LogP contribution in [0.25, 0.3) is 0 Å². The molecule has 2 aliphatic rings. The van der Waals surface area contributed by atoms with E-state index in [1.54, 1.807) is 6.20 Å². The van der Waals surface area contributed by atoms with Gasteiger partial charge in [-0.2, -0.15) is 5.10 Å². The van der Waals surface area contributed by atoms with Crippen molar-refractivity contribution < 1.29 is 9.90 Å². The van der Waals surface area contributed by atoms with Crippen LogP contribution in [-0.4, -0.2) is 63.3 Å². The predicted molar refractivity (Wildman–Crippen MR) is 78.8 cm³/mol. The van der Waals surface area contributed by atoms with Gasteiger partial charge in [0.05, 0.1) is 5.92 Å². The van der Waals surface area contributed by atoms with E-state index in [1.807, 2.05) is 6.07 Å². The Morgan fingerprint density at radius 1 is 1.33 bits per heavy atom. The molecular weight excluding hydrogens is 268 g/mol. The van der Waals surface area contributed by atoms with Crippen LogP contribution in [0.3, 0.4) is 0 Å². The van der Waals surface area contributed by atoms with Crippen LogP contribution < -0.4 is 0 Å². The smallest absolute Gasteiger partial charge is 0.307 e. The Labute approximate surface area is 125 Å². The molecule has 3 heterocycles. The van der Waals surface area contributed by atoms with Crippen LogP contribution in [0.15, 0.2) is 12.3 Å². The van der Waals surface area contributed by atoms with Crippen LogP contribution in [0.2, 0.25) is 0 Å². The number of likely N-dealkylation sites (tertiary alicyclic amines) is 2. The lowest BCUT2D eigenvalue weighted by Gasteiger charge is -2.41. The summed E-state index contributed by atoms with van der Waals surface area (Å²) in [5.74, 6) is -0.793. The molecule has 2 N–H and O–H groups in total. The van der Waals surface area contributed by atoms with Crippen LogP contribution in [0, 0.1) is 5.92 Å². The maximum Gasteiger partial charge on any atom is 0.307 e. The minimum atomic E-state index is -0.628. The number of aliphatic carboxylic acids is 1. The summed E-state index contributed by atoms with van der Waals surface area (Å²) in [4.78, 5) is 16.0. The molecule has 1 unspecified atom stereocenters. The highest BCUT2D eigenvalue weighted by atomic mass is 16.4. The van der Waals surface area contributed by atoms with Gasteiger partial charge in [0, 0.05) is 44.1 Å². The number of aromatic amines is 1. The van der Waals surface area contributed by atoms with Crippen LogP contribution in [-0.2, 0) is 11.3 Å². The average Bonchev–Trinajstić information content (AvgIpc) is 3.01. The Hall–Kier alpha value is -1.40. The zero-order valence-electron chi connectivity index (χ0n) is 12.4. The van der Waals surface area contributed by atoms with E-state index < -0.39 is 5.97 Å². The van der Waals surface area contributed by atoms with E-state index >= 15 is 0 Å². The third-order valence-electron chi connectivity index (χ3n) is 4.83. The van der Waals surface area contributed by atoms with Gasteiger partial charge >= 0.3 is 5.97 Å². The average molecular weight is 292 g/mol. The van der Waals surface area contributed by atoms with Gasteiger partial charge in [0.25, 0.3) is 0 Å². The van der Waals surface area contributed by atoms with Gasteiger partial charge in [0.1, 0.15) is 0 Å². The fraction of sp³-hybridized carbons (Fsp3) is 0.733. The van der Waals surface area contributed by atoms with Crippen LogP contribution in [0.4, 0.5) is 0 Å². The molecule has 21 heavy (non-hydrogen) atoms. The van der Waals surface area contributed by atoms with Crippen molar-refractivity contribution in [3.63, 3.8) is 0 Å². The maximum absolute atomic E-state index is 11.2. The number of rotatable bonds is 4. The molecule has 0 aliphatic carbocycles. The molecule has 1 aromatic heterocycles. The second kappa shape index (κ2) is 6.58. The lowest BCUT2D eigenvalue weighted by atomic mass is 9.94. The van der Waals surface area contributed by atoms with Crippen LogP contribution in [0.5, 0.6) is 0 Å². The number of hydrogen-bond donors (Lipinski definition) is 2. The number of piperidine rings is 2. The summed E-state index contributed by atoms with van der Waals surface area (Å²) < 4.78 is 0. The standard InChI is InChI=1S/C15H24N4O2/c20-15(21)12-2-1-7-19(10-12)14-4-8-18(9-5-14)11-13-3-6-16-17-13/h3,6,12,14H,1-2,4-5,7-11H2,(H,16,17)(H,20,21). The fourth-order valence-electron chi connectivity index (χ4n) is 3.60. The monoisotopic (exact) mass is 292 g/mol. The van der Waals surface area contributed by atoms with Gasteiger partial charge in [-0.1, -0.05) is 0 Å². The first-order valence-electron chi connectivity index (χ1n) is 7.90. The lowest BCUT2D eigenvalue weighted by Crippen LogP contribution is -2.49. The van der Waals surface area contributed by atoms with E-state index in [0.29, 0.717) is 6.04 Å². The maximum atomic E-state index is 11.2. The zero-order chi connectivity index (χ0) is 14.7. The van der Waals surface area contributed by atoms with Crippen molar-refractivity contribution >= 4 is 5.97 Å². The van der Waals surface area contributed by atoms with Crippen molar-refractivity contribution in [1.29, 1.82) is 0 Å². The number of nitrogens with zero attached hydrogens (tertiary/aromatic N) is 3. The highest BCUT2D eigenvalue weighted by molar-refractivity contribution is 5.70. The Kier molecular flexibility index (Phi) is 4.55. The van der Waals surface area contributed by atoms with Gasteiger partial charge in [-0.25, -0.2) is 0 Å². The van der Waals surface area contributed by atoms with Crippen LogP contribution >= 0.6 is 0 Å². The van der Waals surface area contributed by atoms with Crippen molar-refractivity contribution in [3.05, 3.63) is 18.0 Å². The first-order chi connectivity index (χ1) is 10.2. The second-order valence-electron chi connectivity index (χ2n) is 6.26. The molecule has 6 nitrogen and oxygen atoms in total. The zero-order valence-corrected chi connectivity index (χ0v) is 12.4. The van der Waals surface area contributed by atoms with Gasteiger partial charge in [-0.3, -0.25) is 19.7 Å². The first-order valence-corrected chi connectivity index (χ1v) is 7.90. The molecule has 0 aromatic carbocycles. The summed E-state index contributed by atoms with van der Waals surface area (Å²) in [6, 6.07) is 2.58. The van der Waals surface area contributed by atoms with Crippen molar-refractivity contribution in [3.8, 4) is 0 Å². The largest absolute Gasteiger partial charge is 0.481 e. The van der Waals surface area contributed by atoms with Gasteiger partial charge in [0.2, 0.25) is 0 Å². The Morgan fingerprint density at radius 2 is 2.14 bits per heavy atom. The number of H-pyrrole nitrogens is 1. The third kappa shape index (κ3) is 3.63. The first kappa shape index (κ1) is 14.5. The van der Waals surface area contributed by atoms with E-state index in [1.165, 1.54) is 0 Å². The quantitative estimate of drug-likeness (QED) is 0.871. The molecule has 1 aromatic rings. The van der Waals surface area contributed by atoms with Gasteiger partial charge in [0.15, 0.2) is 0 Å². The van der Waals surface area contributed by atoms with Crippen LogP contribution in [0.1, 0.15) is 31.4 Å². The van der Waals surface area contributed by atoms with E-state index in [9.17, 15) is 9.90 Å². The normalized spacial score (nSPS) is 26.0. The fourth-order valence-corrected chi connectivity index (χ4v) is 3.60. The predicted octanol–water partition coefficient (Wildman–Crippen LogP) is 1.17. The highest BCUT2D eigenvalue weighted by Crippen LogP contribution is 2.24. The molecule has 0 radical (unpaired) electrons. The van der Waals surface area contributed by atoms with Gasteiger partial charge in [-0.05, 0) is 38.3 Å². The molecule has 0 saturated carbocycles. The minimum Gasteiger partial charge on any atom is -0.481 e. The van der Waals surface area contributed by atoms with Crippen molar-refractivity contribution in [2.75, 3.05) is 26.2 Å². The number of carbonyl (C=O) groups is 1. The van der Waals surface area contributed by atoms with E-state index in [-0.39, 0.29) is 5.92 Å². The van der Waals surface area contributed by atoms with Crippen molar-refractivity contribution in [2.24, 2.45) is 5.92 Å². The van der Waals surface area contributed by atoms with E-state index in [0.717, 1.165) is 64.1 Å². The number of aromatic nitrogens is 2. The van der Waals surface area contributed by atoms with Gasteiger partial charge in [-0.15, -0.1) is 0 Å². The Morgan fingerprint density at radius 3 is 2.81 bits per heavy atom. The third-order valence-corrected chi connectivity index (χ3v) is 4.83. The molecule has 1 atom stereocenters. The Balaban J connectivity index is 1.47. The van der Waals surface area contributed by atoms with E-state index in [2.05, 4.69) is 20.0 Å². The molecule has 2 aliphatic heterocycles. The SMILES string of the molecule is O=C(O)C1CCCN(C2CCN(Cc3ccn[nH]3)CC2)C1. The summed E-state index contributed by atoms with van der Waals surface area (Å²) in [6.07, 6.45) is 5.93. The molecule has 0 amide bonds. The topological polar surface area (TPSA) is 72.5 Å². The summed E-state index contributed by atoms with van der Waals surface area (Å²) in [7, 11) is 0. The second-order valence-corrected chi connectivity index (χ2v) is 6.26. The molecule has 3 rings (SSSR count).